The first-order valence-corrected chi connectivity index (χ1v) is 6.72. The van der Waals surface area contributed by atoms with Crippen molar-refractivity contribution in [1.82, 2.24) is 0 Å². The fraction of sp³-hybridized carbons (Fsp3) is 0.0769. The molecule has 0 saturated carbocycles. The third-order valence-electron chi connectivity index (χ3n) is 2.63. The third kappa shape index (κ3) is 3.54. The molecule has 2 rings (SSSR count). The summed E-state index contributed by atoms with van der Waals surface area (Å²) in [5.74, 6) is 0. The molecule has 0 aromatic heterocycles. The van der Waals surface area contributed by atoms with Crippen molar-refractivity contribution in [3.63, 3.8) is 0 Å². The summed E-state index contributed by atoms with van der Waals surface area (Å²) < 4.78 is 0. The van der Waals surface area contributed by atoms with Gasteiger partial charge < -0.3 is 5.32 Å². The number of non-ortho nitro benzene ring substituents is 1. The van der Waals surface area contributed by atoms with E-state index in [0.717, 1.165) is 5.56 Å². The molecule has 4 nitrogen and oxygen atoms in total. The minimum atomic E-state index is -0.472. The van der Waals surface area contributed by atoms with Crippen LogP contribution in [0.3, 0.4) is 0 Å². The Morgan fingerprint density at radius 1 is 1.00 bits per heavy atom. The van der Waals surface area contributed by atoms with Gasteiger partial charge in [-0.05, 0) is 23.8 Å². The van der Waals surface area contributed by atoms with Crippen LogP contribution >= 0.6 is 34.8 Å². The molecule has 0 aliphatic carbocycles. The van der Waals surface area contributed by atoms with Crippen LogP contribution in [0.2, 0.25) is 15.1 Å². The first-order valence-electron chi connectivity index (χ1n) is 5.59. The second-order valence-corrected chi connectivity index (χ2v) is 5.24. The second-order valence-electron chi connectivity index (χ2n) is 4.02. The average Bonchev–Trinajstić information content (AvgIpc) is 2.41. The Kier molecular flexibility index (Phi) is 4.70. The summed E-state index contributed by atoms with van der Waals surface area (Å²) >= 11 is 17.7. The Hall–Kier alpha value is -1.49. The van der Waals surface area contributed by atoms with E-state index in [1.807, 2.05) is 6.07 Å². The molecule has 0 spiro atoms. The lowest BCUT2D eigenvalue weighted by molar-refractivity contribution is -0.384. The smallest absolute Gasteiger partial charge is 0.271 e. The van der Waals surface area contributed by atoms with Gasteiger partial charge in [-0.25, -0.2) is 0 Å². The Bertz CT molecular complexity index is 662. The molecular formula is C13H9Cl3N2O2. The van der Waals surface area contributed by atoms with Crippen molar-refractivity contribution in [3.05, 3.63) is 67.1 Å². The summed E-state index contributed by atoms with van der Waals surface area (Å²) in [7, 11) is 0. The molecule has 0 aliphatic rings. The van der Waals surface area contributed by atoms with Crippen molar-refractivity contribution >= 4 is 46.2 Å². The summed E-state index contributed by atoms with van der Waals surface area (Å²) in [6.07, 6.45) is 0. The van der Waals surface area contributed by atoms with Gasteiger partial charge in [0.15, 0.2) is 0 Å². The number of anilines is 1. The maximum absolute atomic E-state index is 10.7. The van der Waals surface area contributed by atoms with Gasteiger partial charge >= 0.3 is 0 Å². The fourth-order valence-electron chi connectivity index (χ4n) is 1.61. The molecule has 0 aliphatic heterocycles. The third-order valence-corrected chi connectivity index (χ3v) is 3.70. The largest absolute Gasteiger partial charge is 0.380 e. The number of nitro benzene ring substituents is 1. The highest BCUT2D eigenvalue weighted by Gasteiger charge is 2.09. The summed E-state index contributed by atoms with van der Waals surface area (Å²) in [5, 5.41) is 15.1. The normalized spacial score (nSPS) is 10.3. The van der Waals surface area contributed by atoms with Crippen LogP contribution in [-0.4, -0.2) is 4.92 Å². The molecule has 0 bridgehead atoms. The van der Waals surface area contributed by atoms with E-state index in [0.29, 0.717) is 27.3 Å². The fourth-order valence-corrected chi connectivity index (χ4v) is 2.11. The molecule has 2 aromatic rings. The second kappa shape index (κ2) is 6.31. The maximum Gasteiger partial charge on any atom is 0.271 e. The molecular weight excluding hydrogens is 323 g/mol. The van der Waals surface area contributed by atoms with Crippen molar-refractivity contribution in [3.8, 4) is 0 Å². The number of benzene rings is 2. The molecule has 1 N–H and O–H groups in total. The molecule has 0 saturated heterocycles. The van der Waals surface area contributed by atoms with E-state index in [4.69, 9.17) is 34.8 Å². The molecule has 0 atom stereocenters. The van der Waals surface area contributed by atoms with Gasteiger partial charge in [-0.1, -0.05) is 40.9 Å². The van der Waals surface area contributed by atoms with Gasteiger partial charge in [-0.15, -0.1) is 0 Å². The van der Waals surface area contributed by atoms with Crippen LogP contribution in [0.5, 0.6) is 0 Å². The number of hydrogen-bond acceptors (Lipinski definition) is 3. The Labute approximate surface area is 130 Å². The van der Waals surface area contributed by atoms with E-state index in [2.05, 4.69) is 5.32 Å². The highest BCUT2D eigenvalue weighted by molar-refractivity contribution is 6.42. The topological polar surface area (TPSA) is 55.2 Å². The quantitative estimate of drug-likeness (QED) is 0.621. The molecule has 104 valence electrons. The van der Waals surface area contributed by atoms with Gasteiger partial charge in [-0.2, -0.15) is 0 Å². The van der Waals surface area contributed by atoms with Crippen molar-refractivity contribution in [2.24, 2.45) is 0 Å². The molecule has 20 heavy (non-hydrogen) atoms. The van der Waals surface area contributed by atoms with Crippen molar-refractivity contribution in [2.75, 3.05) is 5.32 Å². The summed E-state index contributed by atoms with van der Waals surface area (Å²) in [4.78, 5) is 10.3. The molecule has 0 amide bonds. The predicted octanol–water partition coefficient (Wildman–Crippen LogP) is 5.17. The van der Waals surface area contributed by atoms with E-state index < -0.39 is 4.92 Å². The van der Waals surface area contributed by atoms with Gasteiger partial charge in [0, 0.05) is 18.7 Å². The highest BCUT2D eigenvalue weighted by Crippen LogP contribution is 2.28. The van der Waals surface area contributed by atoms with Gasteiger partial charge in [0.25, 0.3) is 5.69 Å². The molecule has 7 heteroatoms. The lowest BCUT2D eigenvalue weighted by Gasteiger charge is -2.09. The summed E-state index contributed by atoms with van der Waals surface area (Å²) in [6, 6.07) is 9.45. The van der Waals surface area contributed by atoms with Crippen LogP contribution in [0.1, 0.15) is 5.56 Å². The lowest BCUT2D eigenvalue weighted by Crippen LogP contribution is -2.01. The van der Waals surface area contributed by atoms with Crippen LogP contribution < -0.4 is 5.32 Å². The zero-order chi connectivity index (χ0) is 14.7. The average molecular weight is 332 g/mol. The Balaban J connectivity index is 2.15. The standard InChI is InChI=1S/C13H9Cl3N2O2/c14-10-3-1-8(5-12(10)16)7-17-13-6-9(18(19)20)2-4-11(13)15/h1-6,17H,7H2. The SMILES string of the molecule is O=[N+]([O-])c1ccc(Cl)c(NCc2ccc(Cl)c(Cl)c2)c1. The van der Waals surface area contributed by atoms with Crippen LogP contribution in [0.4, 0.5) is 11.4 Å². The van der Waals surface area contributed by atoms with E-state index in [9.17, 15) is 10.1 Å². The van der Waals surface area contributed by atoms with Gasteiger partial charge in [-0.3, -0.25) is 10.1 Å². The van der Waals surface area contributed by atoms with Crippen LogP contribution in [-0.2, 0) is 6.54 Å². The number of rotatable bonds is 4. The van der Waals surface area contributed by atoms with Crippen molar-refractivity contribution in [2.45, 2.75) is 6.54 Å². The predicted molar refractivity (Wildman–Crippen MR) is 81.9 cm³/mol. The first kappa shape index (κ1) is 14.9. The van der Waals surface area contributed by atoms with Gasteiger partial charge in [0.05, 0.1) is 25.7 Å². The van der Waals surface area contributed by atoms with Crippen LogP contribution in [0, 0.1) is 10.1 Å². The van der Waals surface area contributed by atoms with E-state index in [1.165, 1.54) is 18.2 Å². The zero-order valence-electron chi connectivity index (χ0n) is 10.1. The minimum absolute atomic E-state index is 0.0222. The maximum atomic E-state index is 10.7. The zero-order valence-corrected chi connectivity index (χ0v) is 12.3. The van der Waals surface area contributed by atoms with Crippen molar-refractivity contribution < 1.29 is 4.92 Å². The molecule has 0 heterocycles. The monoisotopic (exact) mass is 330 g/mol. The van der Waals surface area contributed by atoms with Crippen LogP contribution in [0.15, 0.2) is 36.4 Å². The van der Waals surface area contributed by atoms with Gasteiger partial charge in [0.2, 0.25) is 0 Å². The lowest BCUT2D eigenvalue weighted by atomic mass is 10.2. The summed E-state index contributed by atoms with van der Waals surface area (Å²) in [6.45, 7) is 0.428. The minimum Gasteiger partial charge on any atom is -0.380 e. The Morgan fingerprint density at radius 3 is 2.35 bits per heavy atom. The van der Waals surface area contributed by atoms with Crippen molar-refractivity contribution in [1.29, 1.82) is 0 Å². The highest BCUT2D eigenvalue weighted by atomic mass is 35.5. The molecule has 0 fully saturated rings. The van der Waals surface area contributed by atoms with E-state index in [-0.39, 0.29) is 5.69 Å². The van der Waals surface area contributed by atoms with Gasteiger partial charge in [0.1, 0.15) is 0 Å². The molecule has 0 unspecified atom stereocenters. The van der Waals surface area contributed by atoms with Crippen LogP contribution in [0.25, 0.3) is 0 Å². The number of halogens is 3. The molecule has 0 radical (unpaired) electrons. The summed E-state index contributed by atoms with van der Waals surface area (Å²) in [5.41, 5.74) is 1.36. The Morgan fingerprint density at radius 2 is 1.70 bits per heavy atom. The number of nitrogens with one attached hydrogen (secondary N) is 1. The number of nitrogens with zero attached hydrogens (tertiary/aromatic N) is 1. The van der Waals surface area contributed by atoms with E-state index >= 15 is 0 Å². The molecule has 2 aromatic carbocycles. The van der Waals surface area contributed by atoms with E-state index in [1.54, 1.807) is 12.1 Å². The number of hydrogen-bond donors (Lipinski definition) is 1. The number of nitro groups is 1. The first-order chi connectivity index (χ1) is 9.47.